The molecule has 0 aromatic rings. The first kappa shape index (κ1) is 14.2. The van der Waals surface area contributed by atoms with Crippen molar-refractivity contribution in [1.29, 1.82) is 0 Å². The number of nitrogens with two attached hydrogens (primary N) is 1. The Kier molecular flexibility index (Phi) is 8.67. The molecule has 0 aliphatic rings. The predicted octanol–water partition coefficient (Wildman–Crippen LogP) is 0.891. The number of likely N-dealkylation sites (N-methyl/N-ethyl adjacent to an activating group) is 1. The molecule has 0 saturated carbocycles. The number of hydrogen-bond acceptors (Lipinski definition) is 4. The van der Waals surface area contributed by atoms with Crippen LogP contribution in [-0.2, 0) is 4.74 Å². The minimum Gasteiger partial charge on any atom is -0.384 e. The maximum atomic E-state index is 5.77. The van der Waals surface area contributed by atoms with Gasteiger partial charge in [0.1, 0.15) is 0 Å². The number of methoxy groups -OCH3 is 1. The van der Waals surface area contributed by atoms with Gasteiger partial charge in [0.25, 0.3) is 0 Å². The minimum atomic E-state index is 0.432. The highest BCUT2D eigenvalue weighted by molar-refractivity contribution is 7.98. The molecule has 2 atom stereocenters. The summed E-state index contributed by atoms with van der Waals surface area (Å²) in [4.78, 5) is 2.33. The molecule has 2 unspecified atom stereocenters. The number of ether oxygens (including phenoxy) is 1. The first-order valence-corrected chi connectivity index (χ1v) is 6.44. The Balaban J connectivity index is 3.96. The first-order valence-electron chi connectivity index (χ1n) is 5.05. The molecule has 0 saturated heterocycles. The molecule has 3 nitrogen and oxygen atoms in total. The highest BCUT2D eigenvalue weighted by Gasteiger charge is 2.19. The quantitative estimate of drug-likeness (QED) is 0.659. The van der Waals surface area contributed by atoms with Gasteiger partial charge < -0.3 is 15.4 Å². The van der Waals surface area contributed by atoms with Gasteiger partial charge in [-0.3, -0.25) is 0 Å². The third-order valence-corrected chi connectivity index (χ3v) is 3.13. The van der Waals surface area contributed by atoms with Gasteiger partial charge in [0.2, 0.25) is 0 Å². The van der Waals surface area contributed by atoms with Gasteiger partial charge in [-0.1, -0.05) is 6.92 Å². The average molecular weight is 220 g/mol. The van der Waals surface area contributed by atoms with E-state index in [0.29, 0.717) is 18.5 Å². The molecule has 0 aliphatic carbocycles. The van der Waals surface area contributed by atoms with Gasteiger partial charge in [-0.15, -0.1) is 0 Å². The van der Waals surface area contributed by atoms with E-state index in [-0.39, 0.29) is 0 Å². The Morgan fingerprint density at radius 1 is 1.50 bits per heavy atom. The lowest BCUT2D eigenvalue weighted by molar-refractivity contribution is 0.101. The van der Waals surface area contributed by atoms with E-state index in [1.807, 2.05) is 11.8 Å². The Morgan fingerprint density at radius 2 is 2.14 bits per heavy atom. The molecular formula is C10H24N2OS. The van der Waals surface area contributed by atoms with Crippen LogP contribution in [0.4, 0.5) is 0 Å². The Hall–Kier alpha value is 0.230. The zero-order chi connectivity index (χ0) is 11.0. The van der Waals surface area contributed by atoms with E-state index in [4.69, 9.17) is 10.5 Å². The van der Waals surface area contributed by atoms with E-state index < -0.39 is 0 Å². The van der Waals surface area contributed by atoms with Crippen LogP contribution in [0.5, 0.6) is 0 Å². The summed E-state index contributed by atoms with van der Waals surface area (Å²) in [6.45, 7) is 4.77. The van der Waals surface area contributed by atoms with E-state index in [1.165, 1.54) is 0 Å². The molecule has 0 aromatic heterocycles. The van der Waals surface area contributed by atoms with Crippen LogP contribution in [0.3, 0.4) is 0 Å². The fourth-order valence-electron chi connectivity index (χ4n) is 1.62. The van der Waals surface area contributed by atoms with E-state index in [1.54, 1.807) is 7.11 Å². The third-order valence-electron chi connectivity index (χ3n) is 2.54. The lowest BCUT2D eigenvalue weighted by Crippen LogP contribution is -2.44. The normalized spacial score (nSPS) is 15.9. The molecule has 0 aliphatic heterocycles. The summed E-state index contributed by atoms with van der Waals surface area (Å²) in [5, 5.41) is 0. The average Bonchev–Trinajstić information content (AvgIpc) is 2.16. The van der Waals surface area contributed by atoms with Crippen molar-refractivity contribution in [1.82, 2.24) is 4.90 Å². The highest BCUT2D eigenvalue weighted by Crippen LogP contribution is 2.09. The van der Waals surface area contributed by atoms with Crippen molar-refractivity contribution in [3.05, 3.63) is 0 Å². The molecule has 2 N–H and O–H groups in total. The number of hydrogen-bond donors (Lipinski definition) is 1. The predicted molar refractivity (Wildman–Crippen MR) is 64.9 cm³/mol. The standard InChI is InChI=1S/C10H24N2OS/c1-9(8-13-3)10(7-11)12(2)5-6-14-4/h9-10H,5-8,11H2,1-4H3. The Labute approximate surface area is 92.4 Å². The molecular weight excluding hydrogens is 196 g/mol. The van der Waals surface area contributed by atoms with Crippen molar-refractivity contribution in [2.75, 3.05) is 45.9 Å². The number of nitrogens with zero attached hydrogens (tertiary/aromatic N) is 1. The summed E-state index contributed by atoms with van der Waals surface area (Å²) in [5.41, 5.74) is 5.77. The van der Waals surface area contributed by atoms with Gasteiger partial charge in [0.15, 0.2) is 0 Å². The van der Waals surface area contributed by atoms with Crippen molar-refractivity contribution in [3.8, 4) is 0 Å². The smallest absolute Gasteiger partial charge is 0.0503 e. The SMILES string of the molecule is COCC(C)C(CN)N(C)CCSC. The molecule has 0 amide bonds. The fraction of sp³-hybridized carbons (Fsp3) is 1.00. The van der Waals surface area contributed by atoms with Crippen molar-refractivity contribution in [2.24, 2.45) is 11.7 Å². The van der Waals surface area contributed by atoms with Crippen LogP contribution in [0.15, 0.2) is 0 Å². The highest BCUT2D eigenvalue weighted by atomic mass is 32.2. The molecule has 0 heterocycles. The zero-order valence-corrected chi connectivity index (χ0v) is 10.6. The molecule has 0 rings (SSSR count). The van der Waals surface area contributed by atoms with Gasteiger partial charge >= 0.3 is 0 Å². The van der Waals surface area contributed by atoms with Crippen molar-refractivity contribution in [3.63, 3.8) is 0 Å². The summed E-state index contributed by atoms with van der Waals surface area (Å²) < 4.78 is 5.15. The minimum absolute atomic E-state index is 0.432. The second-order valence-electron chi connectivity index (χ2n) is 3.71. The van der Waals surface area contributed by atoms with Crippen LogP contribution in [0.1, 0.15) is 6.92 Å². The van der Waals surface area contributed by atoms with Gasteiger partial charge in [-0.25, -0.2) is 0 Å². The molecule has 0 radical (unpaired) electrons. The third kappa shape index (κ3) is 5.20. The zero-order valence-electron chi connectivity index (χ0n) is 9.82. The maximum Gasteiger partial charge on any atom is 0.0503 e. The number of thioether (sulfide) groups is 1. The summed E-state index contributed by atoms with van der Waals surface area (Å²) in [7, 11) is 3.88. The molecule has 0 bridgehead atoms. The van der Waals surface area contributed by atoms with E-state index >= 15 is 0 Å². The molecule has 4 heteroatoms. The Morgan fingerprint density at radius 3 is 2.57 bits per heavy atom. The van der Waals surface area contributed by atoms with Crippen LogP contribution < -0.4 is 5.73 Å². The Bertz CT molecular complexity index is 135. The van der Waals surface area contributed by atoms with E-state index in [2.05, 4.69) is 25.1 Å². The molecule has 14 heavy (non-hydrogen) atoms. The van der Waals surface area contributed by atoms with Gasteiger partial charge in [-0.2, -0.15) is 11.8 Å². The fourth-order valence-corrected chi connectivity index (χ4v) is 2.09. The van der Waals surface area contributed by atoms with Crippen LogP contribution in [-0.4, -0.2) is 56.8 Å². The lowest BCUT2D eigenvalue weighted by atomic mass is 10.0. The summed E-state index contributed by atoms with van der Waals surface area (Å²) in [6, 6.07) is 0.432. The summed E-state index contributed by atoms with van der Waals surface area (Å²) >= 11 is 1.87. The molecule has 0 spiro atoms. The van der Waals surface area contributed by atoms with Crippen LogP contribution in [0.2, 0.25) is 0 Å². The molecule has 0 fully saturated rings. The number of rotatable bonds is 8. The van der Waals surface area contributed by atoms with Crippen LogP contribution in [0.25, 0.3) is 0 Å². The van der Waals surface area contributed by atoms with Gasteiger partial charge in [0.05, 0.1) is 6.61 Å². The van der Waals surface area contributed by atoms with Gasteiger partial charge in [-0.05, 0) is 19.2 Å². The van der Waals surface area contributed by atoms with Crippen LogP contribution >= 0.6 is 11.8 Å². The van der Waals surface area contributed by atoms with Crippen LogP contribution in [0, 0.1) is 5.92 Å². The second kappa shape index (κ2) is 8.53. The topological polar surface area (TPSA) is 38.5 Å². The van der Waals surface area contributed by atoms with Gasteiger partial charge in [0, 0.05) is 32.0 Å². The summed E-state index contributed by atoms with van der Waals surface area (Å²) in [6.07, 6.45) is 2.13. The largest absolute Gasteiger partial charge is 0.384 e. The van der Waals surface area contributed by atoms with Crippen molar-refractivity contribution >= 4 is 11.8 Å². The van der Waals surface area contributed by atoms with Crippen molar-refractivity contribution < 1.29 is 4.74 Å². The maximum absolute atomic E-state index is 5.77. The second-order valence-corrected chi connectivity index (χ2v) is 4.69. The van der Waals surface area contributed by atoms with Crippen molar-refractivity contribution in [2.45, 2.75) is 13.0 Å². The lowest BCUT2D eigenvalue weighted by Gasteiger charge is -2.31. The molecule has 86 valence electrons. The van der Waals surface area contributed by atoms with E-state index in [0.717, 1.165) is 18.9 Å². The van der Waals surface area contributed by atoms with E-state index in [9.17, 15) is 0 Å². The first-order chi connectivity index (χ1) is 6.67. The molecule has 0 aromatic carbocycles. The summed E-state index contributed by atoms with van der Waals surface area (Å²) in [5.74, 6) is 1.66. The monoisotopic (exact) mass is 220 g/mol.